The first-order chi connectivity index (χ1) is 10.4. The van der Waals surface area contributed by atoms with Gasteiger partial charge in [0.25, 0.3) is 5.91 Å². The normalized spacial score (nSPS) is 13.4. The summed E-state index contributed by atoms with van der Waals surface area (Å²) in [4.78, 5) is 22.7. The smallest absolute Gasteiger partial charge is 0.252 e. The maximum atomic E-state index is 12.5. The van der Waals surface area contributed by atoms with Crippen molar-refractivity contribution in [1.82, 2.24) is 0 Å². The molecule has 22 heavy (non-hydrogen) atoms. The Morgan fingerprint density at radius 2 is 1.73 bits per heavy atom. The summed E-state index contributed by atoms with van der Waals surface area (Å²) in [6, 6.07) is 13.4. The van der Waals surface area contributed by atoms with Crippen molar-refractivity contribution in [3.63, 3.8) is 0 Å². The summed E-state index contributed by atoms with van der Waals surface area (Å²) in [6.07, 6.45) is 1.67. The van der Waals surface area contributed by atoms with E-state index in [1.54, 1.807) is 48.7 Å². The molecule has 2 rings (SSSR count). The lowest BCUT2D eigenvalue weighted by Gasteiger charge is -2.24. The third-order valence-corrected chi connectivity index (χ3v) is 4.61. The van der Waals surface area contributed by atoms with Crippen LogP contribution in [0.2, 0.25) is 5.02 Å². The summed E-state index contributed by atoms with van der Waals surface area (Å²) in [5, 5.41) is 0.321. The maximum absolute atomic E-state index is 12.5. The first kappa shape index (κ1) is 16.5. The first-order valence-corrected chi connectivity index (χ1v) is 8.03. The average molecular weight is 335 g/mol. The summed E-state index contributed by atoms with van der Waals surface area (Å²) in [6.45, 7) is 0. The molecule has 0 saturated carbocycles. The minimum absolute atomic E-state index is 0.197. The van der Waals surface area contributed by atoms with Gasteiger partial charge in [-0.2, -0.15) is 0 Å². The molecule has 2 aromatic carbocycles. The molecule has 0 saturated heterocycles. The molecular weight excluding hydrogens is 320 g/mol. The zero-order valence-corrected chi connectivity index (χ0v) is 13.4. The minimum Gasteiger partial charge on any atom is -0.367 e. The molecule has 6 heteroatoms. The molecular formula is C16H15ClN2O2S. The number of halogens is 1. The van der Waals surface area contributed by atoms with Crippen molar-refractivity contribution in [2.24, 2.45) is 11.5 Å². The van der Waals surface area contributed by atoms with Crippen molar-refractivity contribution in [2.45, 2.75) is 4.87 Å². The van der Waals surface area contributed by atoms with E-state index >= 15 is 0 Å². The maximum Gasteiger partial charge on any atom is 0.252 e. The topological polar surface area (TPSA) is 86.2 Å². The quantitative estimate of drug-likeness (QED) is 0.650. The van der Waals surface area contributed by atoms with Gasteiger partial charge in [-0.25, -0.2) is 0 Å². The molecule has 2 aromatic rings. The highest BCUT2D eigenvalue weighted by Gasteiger charge is 2.34. The van der Waals surface area contributed by atoms with E-state index < -0.39 is 10.8 Å². The van der Waals surface area contributed by atoms with Gasteiger partial charge in [-0.3, -0.25) is 9.59 Å². The third kappa shape index (κ3) is 3.16. The Hall–Kier alpha value is -1.82. The van der Waals surface area contributed by atoms with E-state index in [0.717, 1.165) is 11.8 Å². The van der Waals surface area contributed by atoms with Gasteiger partial charge in [-0.1, -0.05) is 41.9 Å². The summed E-state index contributed by atoms with van der Waals surface area (Å²) >= 11 is 7.17. The monoisotopic (exact) mass is 334 g/mol. The van der Waals surface area contributed by atoms with Gasteiger partial charge in [-0.05, 0) is 30.0 Å². The number of amides is 1. The molecule has 4 nitrogen and oxygen atoms in total. The average Bonchev–Trinajstić information content (AvgIpc) is 2.53. The van der Waals surface area contributed by atoms with Gasteiger partial charge in [0.05, 0.1) is 0 Å². The highest BCUT2D eigenvalue weighted by molar-refractivity contribution is 8.00. The van der Waals surface area contributed by atoms with E-state index in [2.05, 4.69) is 0 Å². The molecule has 114 valence electrons. The Bertz CT molecular complexity index is 721. The number of benzene rings is 2. The SMILES string of the molecule is CSC(N)(C(N)=O)c1cc(Cl)cc(C(=O)c2ccccc2)c1. The van der Waals surface area contributed by atoms with Crippen LogP contribution in [0.15, 0.2) is 48.5 Å². The molecule has 0 aliphatic carbocycles. The second kappa shape index (κ2) is 6.52. The Labute approximate surface area is 137 Å². The molecule has 0 aliphatic heterocycles. The van der Waals surface area contributed by atoms with E-state index in [-0.39, 0.29) is 5.78 Å². The lowest BCUT2D eigenvalue weighted by Crippen LogP contribution is -2.46. The van der Waals surface area contributed by atoms with Crippen molar-refractivity contribution in [3.8, 4) is 0 Å². The van der Waals surface area contributed by atoms with Crippen molar-refractivity contribution in [1.29, 1.82) is 0 Å². The fourth-order valence-corrected chi connectivity index (χ4v) is 2.84. The number of hydrogen-bond donors (Lipinski definition) is 2. The third-order valence-electron chi connectivity index (χ3n) is 3.31. The molecule has 1 unspecified atom stereocenters. The lowest BCUT2D eigenvalue weighted by molar-refractivity contribution is -0.120. The second-order valence-electron chi connectivity index (χ2n) is 4.73. The zero-order valence-electron chi connectivity index (χ0n) is 11.9. The fourth-order valence-electron chi connectivity index (χ4n) is 2.05. The lowest BCUT2D eigenvalue weighted by atomic mass is 9.98. The van der Waals surface area contributed by atoms with Gasteiger partial charge in [0.2, 0.25) is 0 Å². The van der Waals surface area contributed by atoms with Crippen LogP contribution in [-0.4, -0.2) is 17.9 Å². The van der Waals surface area contributed by atoms with Gasteiger partial charge in [0.1, 0.15) is 0 Å². The highest BCUT2D eigenvalue weighted by Crippen LogP contribution is 2.32. The Morgan fingerprint density at radius 1 is 1.09 bits per heavy atom. The summed E-state index contributed by atoms with van der Waals surface area (Å²) < 4.78 is 0. The number of primary amides is 1. The van der Waals surface area contributed by atoms with Crippen LogP contribution in [0.3, 0.4) is 0 Å². The number of hydrogen-bond acceptors (Lipinski definition) is 4. The molecule has 0 aliphatic rings. The Morgan fingerprint density at radius 3 is 2.27 bits per heavy atom. The van der Waals surface area contributed by atoms with Gasteiger partial charge in [0.15, 0.2) is 10.7 Å². The largest absolute Gasteiger partial charge is 0.367 e. The number of carbonyl (C=O) groups is 2. The summed E-state index contributed by atoms with van der Waals surface area (Å²) in [5.74, 6) is -0.891. The predicted molar refractivity (Wildman–Crippen MR) is 89.9 cm³/mol. The van der Waals surface area contributed by atoms with Crippen LogP contribution >= 0.6 is 23.4 Å². The molecule has 1 amide bonds. The Kier molecular flexibility index (Phi) is 4.90. The van der Waals surface area contributed by atoms with Gasteiger partial charge in [-0.15, -0.1) is 11.8 Å². The van der Waals surface area contributed by atoms with Gasteiger partial charge < -0.3 is 11.5 Å². The molecule has 0 aromatic heterocycles. The molecule has 0 heterocycles. The van der Waals surface area contributed by atoms with Crippen LogP contribution in [-0.2, 0) is 9.67 Å². The van der Waals surface area contributed by atoms with Crippen LogP contribution in [0.25, 0.3) is 0 Å². The number of carbonyl (C=O) groups excluding carboxylic acids is 2. The standard InChI is InChI=1S/C16H15ClN2O2S/c1-22-16(19,15(18)21)12-7-11(8-13(17)9-12)14(20)10-5-3-2-4-6-10/h2-9H,19H2,1H3,(H2,18,21). The van der Waals surface area contributed by atoms with Gasteiger partial charge >= 0.3 is 0 Å². The van der Waals surface area contributed by atoms with Crippen molar-refractivity contribution >= 4 is 35.1 Å². The van der Waals surface area contributed by atoms with E-state index in [0.29, 0.717) is 21.7 Å². The zero-order chi connectivity index (χ0) is 16.3. The summed E-state index contributed by atoms with van der Waals surface area (Å²) in [5.41, 5.74) is 12.7. The number of ketones is 1. The molecule has 0 radical (unpaired) electrons. The molecule has 0 spiro atoms. The fraction of sp³-hybridized carbons (Fsp3) is 0.125. The number of thioether (sulfide) groups is 1. The highest BCUT2D eigenvalue weighted by atomic mass is 35.5. The first-order valence-electron chi connectivity index (χ1n) is 6.43. The molecule has 4 N–H and O–H groups in total. The predicted octanol–water partition coefficient (Wildman–Crippen LogP) is 2.53. The Balaban J connectivity index is 2.52. The van der Waals surface area contributed by atoms with E-state index in [9.17, 15) is 9.59 Å². The molecule has 0 bridgehead atoms. The van der Waals surface area contributed by atoms with Crippen LogP contribution in [0.4, 0.5) is 0 Å². The summed E-state index contributed by atoms with van der Waals surface area (Å²) in [7, 11) is 0. The minimum atomic E-state index is -1.43. The van der Waals surface area contributed by atoms with E-state index in [1.165, 1.54) is 0 Å². The van der Waals surface area contributed by atoms with Crippen LogP contribution in [0, 0.1) is 0 Å². The second-order valence-corrected chi connectivity index (χ2v) is 6.22. The molecule has 0 fully saturated rings. The van der Waals surface area contributed by atoms with E-state index in [1.807, 2.05) is 6.07 Å². The van der Waals surface area contributed by atoms with Crippen molar-refractivity contribution in [2.75, 3.05) is 6.26 Å². The van der Waals surface area contributed by atoms with Crippen molar-refractivity contribution in [3.05, 3.63) is 70.2 Å². The van der Waals surface area contributed by atoms with Crippen LogP contribution in [0.5, 0.6) is 0 Å². The van der Waals surface area contributed by atoms with Crippen molar-refractivity contribution < 1.29 is 9.59 Å². The molecule has 1 atom stereocenters. The van der Waals surface area contributed by atoms with Gasteiger partial charge in [0, 0.05) is 16.1 Å². The van der Waals surface area contributed by atoms with Crippen LogP contribution in [0.1, 0.15) is 21.5 Å². The van der Waals surface area contributed by atoms with Crippen LogP contribution < -0.4 is 11.5 Å². The number of nitrogens with two attached hydrogens (primary N) is 2. The van der Waals surface area contributed by atoms with E-state index in [4.69, 9.17) is 23.1 Å². The number of rotatable bonds is 5.